The Kier molecular flexibility index (Phi) is 5.40. The molecule has 24 heavy (non-hydrogen) atoms. The van der Waals surface area contributed by atoms with E-state index in [1.54, 1.807) is 43.3 Å². The highest BCUT2D eigenvalue weighted by atomic mass is 32.2. The minimum Gasteiger partial charge on any atom is -0.224 e. The number of sulfone groups is 1. The van der Waals surface area contributed by atoms with Crippen molar-refractivity contribution < 1.29 is 16.8 Å². The predicted molar refractivity (Wildman–Crippen MR) is 94.0 cm³/mol. The molecule has 128 valence electrons. The van der Waals surface area contributed by atoms with E-state index in [2.05, 4.69) is 9.93 Å². The zero-order valence-electron chi connectivity index (χ0n) is 13.3. The van der Waals surface area contributed by atoms with Gasteiger partial charge in [0.1, 0.15) is 0 Å². The molecule has 6 nitrogen and oxygen atoms in total. The van der Waals surface area contributed by atoms with Gasteiger partial charge < -0.3 is 0 Å². The molecule has 0 aliphatic rings. The minimum absolute atomic E-state index is 0.169. The standard InChI is InChI=1S/C16H18N2O4S2/c1-13(15-8-10-16(11-9-15)23(2,19)20)17-18-24(21,22)12-14-6-4-3-5-7-14/h3-11,18H,12H2,1-2H3/b17-13+. The van der Waals surface area contributed by atoms with Crippen molar-refractivity contribution >= 4 is 25.6 Å². The Bertz CT molecular complexity index is 933. The van der Waals surface area contributed by atoms with Gasteiger partial charge in [-0.2, -0.15) is 5.10 Å². The van der Waals surface area contributed by atoms with Crippen LogP contribution < -0.4 is 4.83 Å². The van der Waals surface area contributed by atoms with Crippen molar-refractivity contribution in [3.05, 3.63) is 65.7 Å². The Hall–Kier alpha value is -2.19. The molecule has 0 aliphatic heterocycles. The lowest BCUT2D eigenvalue weighted by Gasteiger charge is -2.06. The molecule has 8 heteroatoms. The van der Waals surface area contributed by atoms with Crippen LogP contribution in [0.5, 0.6) is 0 Å². The monoisotopic (exact) mass is 366 g/mol. The van der Waals surface area contributed by atoms with E-state index < -0.39 is 19.9 Å². The van der Waals surface area contributed by atoms with Crippen LogP contribution in [-0.4, -0.2) is 28.8 Å². The molecule has 0 saturated carbocycles. The van der Waals surface area contributed by atoms with E-state index in [4.69, 9.17) is 0 Å². The molecule has 0 spiro atoms. The van der Waals surface area contributed by atoms with Crippen LogP contribution in [0.1, 0.15) is 18.1 Å². The highest BCUT2D eigenvalue weighted by Gasteiger charge is 2.11. The first-order chi connectivity index (χ1) is 11.2. The number of sulfonamides is 1. The van der Waals surface area contributed by atoms with Crippen molar-refractivity contribution in [2.45, 2.75) is 17.6 Å². The van der Waals surface area contributed by atoms with E-state index in [9.17, 15) is 16.8 Å². The maximum Gasteiger partial charge on any atom is 0.251 e. The summed E-state index contributed by atoms with van der Waals surface area (Å²) >= 11 is 0. The van der Waals surface area contributed by atoms with Gasteiger partial charge in [0.05, 0.1) is 16.4 Å². The van der Waals surface area contributed by atoms with Crippen LogP contribution in [0.2, 0.25) is 0 Å². The Labute approximate surface area is 142 Å². The molecule has 2 rings (SSSR count). The number of nitrogens with zero attached hydrogens (tertiary/aromatic N) is 1. The number of rotatable bonds is 6. The van der Waals surface area contributed by atoms with Crippen LogP contribution in [-0.2, 0) is 25.6 Å². The van der Waals surface area contributed by atoms with Crippen molar-refractivity contribution in [1.29, 1.82) is 0 Å². The predicted octanol–water partition coefficient (Wildman–Crippen LogP) is 1.93. The number of hydrazone groups is 1. The molecule has 0 bridgehead atoms. The van der Waals surface area contributed by atoms with Gasteiger partial charge in [-0.05, 0) is 30.2 Å². The maximum absolute atomic E-state index is 12.0. The van der Waals surface area contributed by atoms with Crippen LogP contribution >= 0.6 is 0 Å². The average Bonchev–Trinajstić information content (AvgIpc) is 2.52. The Morgan fingerprint density at radius 1 is 0.958 bits per heavy atom. The zero-order chi connectivity index (χ0) is 17.8. The van der Waals surface area contributed by atoms with E-state index in [0.29, 0.717) is 16.8 Å². The molecule has 0 amide bonds. The molecule has 2 aromatic carbocycles. The topological polar surface area (TPSA) is 92.7 Å². The van der Waals surface area contributed by atoms with Gasteiger partial charge in [-0.1, -0.05) is 42.5 Å². The van der Waals surface area contributed by atoms with Crippen LogP contribution in [0.25, 0.3) is 0 Å². The van der Waals surface area contributed by atoms with Gasteiger partial charge in [0.15, 0.2) is 9.84 Å². The third kappa shape index (κ3) is 5.17. The van der Waals surface area contributed by atoms with Gasteiger partial charge in [-0.25, -0.2) is 21.7 Å². The van der Waals surface area contributed by atoms with Crippen LogP contribution in [0, 0.1) is 0 Å². The summed E-state index contributed by atoms with van der Waals surface area (Å²) in [5, 5.41) is 3.88. The van der Waals surface area contributed by atoms with E-state index >= 15 is 0 Å². The first-order valence-electron chi connectivity index (χ1n) is 7.05. The van der Waals surface area contributed by atoms with Crippen molar-refractivity contribution in [3.63, 3.8) is 0 Å². The molecule has 2 aromatic rings. The molecule has 0 saturated heterocycles. The molecule has 0 fully saturated rings. The second kappa shape index (κ2) is 7.14. The molecular weight excluding hydrogens is 348 g/mol. The van der Waals surface area contributed by atoms with Crippen molar-refractivity contribution in [2.75, 3.05) is 6.26 Å². The lowest BCUT2D eigenvalue weighted by molar-refractivity contribution is 0.583. The van der Waals surface area contributed by atoms with E-state index in [0.717, 1.165) is 6.26 Å². The van der Waals surface area contributed by atoms with Crippen LogP contribution in [0.3, 0.4) is 0 Å². The minimum atomic E-state index is -3.60. The first kappa shape index (κ1) is 18.2. The largest absolute Gasteiger partial charge is 0.251 e. The normalized spacial score (nSPS) is 12.8. The molecule has 1 N–H and O–H groups in total. The lowest BCUT2D eigenvalue weighted by Crippen LogP contribution is -2.21. The fraction of sp³-hybridized carbons (Fsp3) is 0.188. The summed E-state index contributed by atoms with van der Waals surface area (Å²) in [5.41, 5.74) is 1.73. The first-order valence-corrected chi connectivity index (χ1v) is 10.6. The summed E-state index contributed by atoms with van der Waals surface area (Å²) in [5.74, 6) is -0.169. The van der Waals surface area contributed by atoms with Crippen molar-refractivity contribution in [1.82, 2.24) is 4.83 Å². The van der Waals surface area contributed by atoms with Gasteiger partial charge in [-0.3, -0.25) is 0 Å². The van der Waals surface area contributed by atoms with Gasteiger partial charge in [0, 0.05) is 6.26 Å². The zero-order valence-corrected chi connectivity index (χ0v) is 14.9. The van der Waals surface area contributed by atoms with Gasteiger partial charge >= 0.3 is 0 Å². The second-order valence-electron chi connectivity index (χ2n) is 5.33. The summed E-state index contributed by atoms with van der Waals surface area (Å²) in [6, 6.07) is 14.9. The third-order valence-corrected chi connectivity index (χ3v) is 5.46. The lowest BCUT2D eigenvalue weighted by atomic mass is 10.1. The van der Waals surface area contributed by atoms with Gasteiger partial charge in [-0.15, -0.1) is 0 Å². The summed E-state index contributed by atoms with van der Waals surface area (Å²) < 4.78 is 46.9. The van der Waals surface area contributed by atoms with E-state index in [1.807, 2.05) is 6.07 Å². The molecule has 0 aromatic heterocycles. The second-order valence-corrected chi connectivity index (χ2v) is 9.05. The molecule has 0 radical (unpaired) electrons. The van der Waals surface area contributed by atoms with E-state index in [1.165, 1.54) is 12.1 Å². The molecule has 0 unspecified atom stereocenters. The van der Waals surface area contributed by atoms with Crippen LogP contribution in [0.15, 0.2) is 64.6 Å². The highest BCUT2D eigenvalue weighted by molar-refractivity contribution is 7.90. The number of benzene rings is 2. The van der Waals surface area contributed by atoms with Crippen LogP contribution in [0.4, 0.5) is 0 Å². The Morgan fingerprint density at radius 2 is 1.54 bits per heavy atom. The third-order valence-electron chi connectivity index (χ3n) is 3.25. The summed E-state index contributed by atoms with van der Waals surface area (Å²) in [6.07, 6.45) is 1.13. The van der Waals surface area contributed by atoms with Gasteiger partial charge in [0.25, 0.3) is 10.0 Å². The summed E-state index contributed by atoms with van der Waals surface area (Å²) in [6.45, 7) is 1.64. The van der Waals surface area contributed by atoms with Crippen molar-refractivity contribution in [2.24, 2.45) is 5.10 Å². The fourth-order valence-corrected chi connectivity index (χ4v) is 3.57. The summed E-state index contributed by atoms with van der Waals surface area (Å²) in [7, 11) is -6.87. The molecule has 0 atom stereocenters. The number of hydrogen-bond donors (Lipinski definition) is 1. The van der Waals surface area contributed by atoms with Gasteiger partial charge in [0.2, 0.25) is 0 Å². The molecule has 0 aliphatic carbocycles. The average molecular weight is 366 g/mol. The Morgan fingerprint density at radius 3 is 2.08 bits per heavy atom. The number of nitrogens with one attached hydrogen (secondary N) is 1. The quantitative estimate of drug-likeness (QED) is 0.624. The molecule has 0 heterocycles. The maximum atomic E-state index is 12.0. The Balaban J connectivity index is 2.10. The molecular formula is C16H18N2O4S2. The highest BCUT2D eigenvalue weighted by Crippen LogP contribution is 2.11. The van der Waals surface area contributed by atoms with E-state index in [-0.39, 0.29) is 10.6 Å². The SMILES string of the molecule is C/C(=N\NS(=O)(=O)Cc1ccccc1)c1ccc(S(C)(=O)=O)cc1. The number of hydrogen-bond acceptors (Lipinski definition) is 5. The fourth-order valence-electron chi connectivity index (χ4n) is 1.97. The smallest absolute Gasteiger partial charge is 0.224 e. The van der Waals surface area contributed by atoms with Crippen molar-refractivity contribution in [3.8, 4) is 0 Å². The summed E-state index contributed by atoms with van der Waals surface area (Å²) in [4.78, 5) is 2.39.